The molecule has 1 aromatic carbocycles. The summed E-state index contributed by atoms with van der Waals surface area (Å²) in [6.45, 7) is 8.44. The lowest BCUT2D eigenvalue weighted by Gasteiger charge is -2.21. The Morgan fingerprint density at radius 2 is 1.88 bits per heavy atom. The molecular formula is C27H32F5N9O2. The molecule has 4 aromatic rings. The van der Waals surface area contributed by atoms with Gasteiger partial charge in [0, 0.05) is 18.7 Å². The number of alkyl halides is 3. The molecule has 0 bridgehead atoms. The van der Waals surface area contributed by atoms with Gasteiger partial charge in [-0.3, -0.25) is 0 Å². The van der Waals surface area contributed by atoms with Gasteiger partial charge in [0.2, 0.25) is 5.88 Å². The molecule has 1 unspecified atom stereocenters. The Kier molecular flexibility index (Phi) is 9.78. The molecule has 0 fully saturated rings. The SMILES string of the molecule is CC.Cc1c(F)c(N)cc(-c2nc3c4c(nc(OCCn5cncn5)nc4c2F)NCCNCCC(C)O3)c1C(F)(F)F. The van der Waals surface area contributed by atoms with Crippen LogP contribution in [0.25, 0.3) is 22.2 Å². The minimum Gasteiger partial charge on any atom is -0.474 e. The number of hydrogen-bond acceptors (Lipinski definition) is 10. The summed E-state index contributed by atoms with van der Waals surface area (Å²) in [5.41, 5.74) is 0.986. The lowest BCUT2D eigenvalue weighted by molar-refractivity contribution is -0.137. The van der Waals surface area contributed by atoms with Crippen molar-refractivity contribution < 1.29 is 31.4 Å². The van der Waals surface area contributed by atoms with Gasteiger partial charge in [0.25, 0.3) is 0 Å². The van der Waals surface area contributed by atoms with Crippen LogP contribution in [-0.4, -0.2) is 62.1 Å². The first-order valence-corrected chi connectivity index (χ1v) is 13.7. The van der Waals surface area contributed by atoms with Crippen LogP contribution in [0.4, 0.5) is 33.5 Å². The van der Waals surface area contributed by atoms with Crippen LogP contribution in [0.5, 0.6) is 11.9 Å². The van der Waals surface area contributed by atoms with E-state index < -0.39 is 57.5 Å². The fourth-order valence-electron chi connectivity index (χ4n) is 4.48. The first-order chi connectivity index (χ1) is 20.5. The maximum absolute atomic E-state index is 16.3. The monoisotopic (exact) mass is 609 g/mol. The lowest BCUT2D eigenvalue weighted by atomic mass is 9.96. The third-order valence-electron chi connectivity index (χ3n) is 6.45. The van der Waals surface area contributed by atoms with Crippen LogP contribution in [-0.2, 0) is 12.7 Å². The number of hydrogen-bond donors (Lipinski definition) is 3. The number of aromatic nitrogens is 6. The van der Waals surface area contributed by atoms with Crippen LogP contribution in [0, 0.1) is 18.6 Å². The van der Waals surface area contributed by atoms with E-state index in [0.29, 0.717) is 32.1 Å². The summed E-state index contributed by atoms with van der Waals surface area (Å²) in [5, 5.41) is 10.3. The minimum absolute atomic E-state index is 0.0176. The molecular weight excluding hydrogens is 577 g/mol. The van der Waals surface area contributed by atoms with Gasteiger partial charge in [-0.25, -0.2) is 23.4 Å². The molecule has 1 aliphatic rings. The Morgan fingerprint density at radius 1 is 1.12 bits per heavy atom. The largest absolute Gasteiger partial charge is 0.474 e. The summed E-state index contributed by atoms with van der Waals surface area (Å²) < 4.78 is 86.5. The number of nitrogen functional groups attached to an aromatic ring is 1. The van der Waals surface area contributed by atoms with Gasteiger partial charge in [-0.05, 0) is 38.4 Å². The molecule has 4 heterocycles. The van der Waals surface area contributed by atoms with E-state index >= 15 is 4.39 Å². The zero-order valence-corrected chi connectivity index (χ0v) is 24.0. The lowest BCUT2D eigenvalue weighted by Crippen LogP contribution is -2.26. The fraction of sp³-hybridized carbons (Fsp3) is 0.444. The Morgan fingerprint density at radius 3 is 2.58 bits per heavy atom. The molecule has 5 rings (SSSR count). The van der Waals surface area contributed by atoms with Crippen molar-refractivity contribution in [1.82, 2.24) is 35.0 Å². The average molecular weight is 610 g/mol. The molecule has 11 nitrogen and oxygen atoms in total. The average Bonchev–Trinajstić information content (AvgIpc) is 3.47. The van der Waals surface area contributed by atoms with Gasteiger partial charge in [0.15, 0.2) is 5.82 Å². The van der Waals surface area contributed by atoms with E-state index in [0.717, 1.165) is 6.92 Å². The van der Waals surface area contributed by atoms with E-state index in [9.17, 15) is 17.6 Å². The summed E-state index contributed by atoms with van der Waals surface area (Å²) in [7, 11) is 0. The maximum Gasteiger partial charge on any atom is 0.417 e. The van der Waals surface area contributed by atoms with Gasteiger partial charge < -0.3 is 25.8 Å². The Labute approximate surface area is 244 Å². The van der Waals surface area contributed by atoms with Gasteiger partial charge in [0.05, 0.1) is 23.9 Å². The van der Waals surface area contributed by atoms with Crippen LogP contribution >= 0.6 is 0 Å². The van der Waals surface area contributed by atoms with Crippen molar-refractivity contribution in [1.29, 1.82) is 0 Å². The first kappa shape index (κ1) is 31.6. The van der Waals surface area contributed by atoms with E-state index in [4.69, 9.17) is 15.2 Å². The highest BCUT2D eigenvalue weighted by Crippen LogP contribution is 2.44. The van der Waals surface area contributed by atoms with E-state index in [1.165, 1.54) is 17.3 Å². The standard InChI is InChI=1S/C25H26F5N9O2.C2H6/c1-12-3-4-32-5-6-34-22-16-21(37-24(38-22)40-8-7-39-11-33-10-35-39)19(27)20(36-23(16)41-12)14-9-15(31)18(26)13(2)17(14)25(28,29)30;1-2/h9-12,32H,3-8,31H2,1-2H3,(H,34,37,38);1-2H3. The third-order valence-corrected chi connectivity index (χ3v) is 6.45. The minimum atomic E-state index is -5.05. The second-order valence-electron chi connectivity index (χ2n) is 9.38. The number of benzene rings is 1. The van der Waals surface area contributed by atoms with Crippen molar-refractivity contribution in [3.8, 4) is 23.1 Å². The van der Waals surface area contributed by atoms with Gasteiger partial charge in [-0.1, -0.05) is 13.8 Å². The molecule has 0 radical (unpaired) electrons. The highest BCUT2D eigenvalue weighted by atomic mass is 19.4. The first-order valence-electron chi connectivity index (χ1n) is 13.7. The van der Waals surface area contributed by atoms with Gasteiger partial charge in [-0.15, -0.1) is 0 Å². The maximum atomic E-state index is 16.3. The number of pyridine rings is 1. The number of halogens is 5. The smallest absolute Gasteiger partial charge is 0.417 e. The van der Waals surface area contributed by atoms with Crippen molar-refractivity contribution in [2.75, 3.05) is 37.3 Å². The zero-order valence-electron chi connectivity index (χ0n) is 24.0. The molecule has 0 spiro atoms. The Bertz CT molecular complexity index is 1570. The molecule has 16 heteroatoms. The van der Waals surface area contributed by atoms with Crippen molar-refractivity contribution in [2.45, 2.75) is 52.9 Å². The summed E-state index contributed by atoms with van der Waals surface area (Å²) in [6, 6.07) is 0.465. The topological polar surface area (TPSA) is 138 Å². The van der Waals surface area contributed by atoms with E-state index in [1.54, 1.807) is 6.92 Å². The molecule has 1 atom stereocenters. The molecule has 4 N–H and O–H groups in total. The molecule has 0 saturated heterocycles. The van der Waals surface area contributed by atoms with Gasteiger partial charge in [-0.2, -0.15) is 28.2 Å². The molecule has 0 amide bonds. The molecule has 0 aliphatic carbocycles. The van der Waals surface area contributed by atoms with Gasteiger partial charge >= 0.3 is 12.2 Å². The van der Waals surface area contributed by atoms with Crippen LogP contribution in [0.2, 0.25) is 0 Å². The highest BCUT2D eigenvalue weighted by molar-refractivity contribution is 5.96. The number of ether oxygens (including phenoxy) is 2. The van der Waals surface area contributed by atoms with Crippen LogP contribution in [0.15, 0.2) is 18.7 Å². The molecule has 43 heavy (non-hydrogen) atoms. The quantitative estimate of drug-likeness (QED) is 0.215. The molecule has 232 valence electrons. The molecule has 1 aliphatic heterocycles. The van der Waals surface area contributed by atoms with Crippen LogP contribution < -0.4 is 25.8 Å². The predicted octanol–water partition coefficient (Wildman–Crippen LogP) is 4.75. The van der Waals surface area contributed by atoms with Gasteiger partial charge in [0.1, 0.15) is 47.5 Å². The number of rotatable bonds is 5. The number of nitrogens with zero attached hydrogens (tertiary/aromatic N) is 6. The number of nitrogens with two attached hydrogens (primary N) is 1. The van der Waals surface area contributed by atoms with Crippen molar-refractivity contribution in [3.05, 3.63) is 41.5 Å². The zero-order chi connectivity index (χ0) is 31.3. The van der Waals surface area contributed by atoms with Crippen LogP contribution in [0.3, 0.4) is 0 Å². The highest BCUT2D eigenvalue weighted by Gasteiger charge is 2.39. The summed E-state index contributed by atoms with van der Waals surface area (Å²) in [6.07, 6.45) is -2.18. The summed E-state index contributed by atoms with van der Waals surface area (Å²) >= 11 is 0. The summed E-state index contributed by atoms with van der Waals surface area (Å²) in [4.78, 5) is 16.6. The fourth-order valence-corrected chi connectivity index (χ4v) is 4.48. The Balaban J connectivity index is 0.00000207. The van der Waals surface area contributed by atoms with Crippen molar-refractivity contribution in [2.24, 2.45) is 0 Å². The molecule has 0 saturated carbocycles. The summed E-state index contributed by atoms with van der Waals surface area (Å²) in [5.74, 6) is -2.55. The normalized spacial score (nSPS) is 15.5. The molecule has 3 aromatic heterocycles. The number of nitrogens with one attached hydrogen (secondary N) is 2. The predicted molar refractivity (Wildman–Crippen MR) is 150 cm³/mol. The Hall–Kier alpha value is -4.34. The van der Waals surface area contributed by atoms with Crippen molar-refractivity contribution in [3.63, 3.8) is 0 Å². The third kappa shape index (κ3) is 6.84. The van der Waals surface area contributed by atoms with E-state index in [-0.39, 0.29) is 36.2 Å². The van der Waals surface area contributed by atoms with Crippen molar-refractivity contribution >= 4 is 22.4 Å². The second kappa shape index (κ2) is 13.3. The van der Waals surface area contributed by atoms with Crippen LogP contribution in [0.1, 0.15) is 38.3 Å². The second-order valence-corrected chi connectivity index (χ2v) is 9.38. The van der Waals surface area contributed by atoms with E-state index in [1.807, 2.05) is 13.8 Å². The van der Waals surface area contributed by atoms with E-state index in [2.05, 4.69) is 35.7 Å². The number of anilines is 2.